The summed E-state index contributed by atoms with van der Waals surface area (Å²) < 4.78 is 0. The maximum atomic E-state index is 2.54. The van der Waals surface area contributed by atoms with Gasteiger partial charge >= 0.3 is 0 Å². The molecule has 0 N–H and O–H groups in total. The van der Waals surface area contributed by atoms with Crippen LogP contribution in [0.25, 0.3) is 55.6 Å². The molecule has 0 spiro atoms. The SMILES string of the molecule is CC(C)(C)c1cccc(C2(c3cccc(C(C)(C)C)c3)c3ccccc3-c3ccc(N(c4ccc(-c5ccccc5-c5cccc6c5C(C)(C)c5ccccc5-6)cc4)c4ccc5c(c4)C(C)(C)c4ccccc4-5)cc32)c1. The minimum absolute atomic E-state index is 0.0404. The smallest absolute Gasteiger partial charge is 0.0714 e. The largest absolute Gasteiger partial charge is 0.310 e. The normalized spacial score (nSPS) is 15.0. The molecule has 0 aromatic heterocycles. The van der Waals surface area contributed by atoms with Crippen molar-refractivity contribution in [3.05, 3.63) is 280 Å². The molecule has 3 aliphatic rings. The highest BCUT2D eigenvalue weighted by Crippen LogP contribution is 2.59. The highest BCUT2D eigenvalue weighted by atomic mass is 15.1. The Morgan fingerprint density at radius 2 is 0.684 bits per heavy atom. The Morgan fingerprint density at radius 1 is 0.289 bits per heavy atom. The Balaban J connectivity index is 1.02. The van der Waals surface area contributed by atoms with Gasteiger partial charge in [-0.25, -0.2) is 0 Å². The summed E-state index contributed by atoms with van der Waals surface area (Å²) >= 11 is 0. The molecule has 0 unspecified atom stereocenters. The summed E-state index contributed by atoms with van der Waals surface area (Å²) in [6.45, 7) is 23.5. The monoisotopic (exact) mass is 982 g/mol. The predicted octanol–water partition coefficient (Wildman–Crippen LogP) is 20.1. The molecule has 0 atom stereocenters. The van der Waals surface area contributed by atoms with Crippen molar-refractivity contribution in [3.63, 3.8) is 0 Å². The third-order valence-corrected chi connectivity index (χ3v) is 17.7. The zero-order valence-electron chi connectivity index (χ0n) is 45.8. The van der Waals surface area contributed by atoms with Gasteiger partial charge in [-0.2, -0.15) is 0 Å². The van der Waals surface area contributed by atoms with Crippen LogP contribution in [0.2, 0.25) is 0 Å². The van der Waals surface area contributed by atoms with Gasteiger partial charge in [0.2, 0.25) is 0 Å². The van der Waals surface area contributed by atoms with E-state index >= 15 is 0 Å². The highest BCUT2D eigenvalue weighted by Gasteiger charge is 2.47. The number of hydrogen-bond donors (Lipinski definition) is 0. The molecule has 3 aliphatic carbocycles. The van der Waals surface area contributed by atoms with Gasteiger partial charge in [0.25, 0.3) is 0 Å². The van der Waals surface area contributed by atoms with Crippen molar-refractivity contribution in [2.24, 2.45) is 0 Å². The van der Waals surface area contributed by atoms with Crippen LogP contribution in [0.1, 0.15) is 125 Å². The van der Waals surface area contributed by atoms with Crippen LogP contribution in [0.4, 0.5) is 17.1 Å². The molecule has 0 heterocycles. The maximum Gasteiger partial charge on any atom is 0.0714 e. The summed E-state index contributed by atoms with van der Waals surface area (Å²) in [4.78, 5) is 2.52. The summed E-state index contributed by atoms with van der Waals surface area (Å²) in [6, 6.07) is 85.9. The van der Waals surface area contributed by atoms with Gasteiger partial charge < -0.3 is 4.90 Å². The fourth-order valence-electron chi connectivity index (χ4n) is 13.7. The van der Waals surface area contributed by atoms with Crippen LogP contribution in [-0.4, -0.2) is 0 Å². The molecule has 0 amide bonds. The van der Waals surface area contributed by atoms with E-state index in [0.29, 0.717) is 0 Å². The number of nitrogens with zero attached hydrogens (tertiary/aromatic N) is 1. The van der Waals surface area contributed by atoms with Gasteiger partial charge in [0, 0.05) is 27.9 Å². The molecule has 10 aromatic rings. The summed E-state index contributed by atoms with van der Waals surface area (Å²) in [6.07, 6.45) is 0. The van der Waals surface area contributed by atoms with Crippen molar-refractivity contribution < 1.29 is 0 Å². The van der Waals surface area contributed by atoms with Gasteiger partial charge in [-0.3, -0.25) is 0 Å². The van der Waals surface area contributed by atoms with Crippen LogP contribution < -0.4 is 4.90 Å². The molecule has 0 fully saturated rings. The van der Waals surface area contributed by atoms with Crippen molar-refractivity contribution >= 4 is 17.1 Å². The first kappa shape index (κ1) is 47.7. The van der Waals surface area contributed by atoms with E-state index in [4.69, 9.17) is 0 Å². The lowest BCUT2D eigenvalue weighted by Gasteiger charge is -2.37. The van der Waals surface area contributed by atoms with Gasteiger partial charge in [-0.05, 0) is 158 Å². The van der Waals surface area contributed by atoms with E-state index in [1.54, 1.807) is 0 Å². The Morgan fingerprint density at radius 3 is 1.25 bits per heavy atom. The van der Waals surface area contributed by atoms with Crippen molar-refractivity contribution in [2.75, 3.05) is 4.90 Å². The zero-order chi connectivity index (χ0) is 52.5. The Hall–Kier alpha value is -8.00. The van der Waals surface area contributed by atoms with Crippen molar-refractivity contribution in [1.82, 2.24) is 0 Å². The van der Waals surface area contributed by atoms with Crippen molar-refractivity contribution in [1.29, 1.82) is 0 Å². The summed E-state index contributed by atoms with van der Waals surface area (Å²) in [5.41, 5.74) is 28.6. The lowest BCUT2D eigenvalue weighted by atomic mass is 9.66. The average Bonchev–Trinajstić information content (AvgIpc) is 4.17. The molecular weight excluding hydrogens is 915 g/mol. The van der Waals surface area contributed by atoms with E-state index in [2.05, 4.69) is 299 Å². The third kappa shape index (κ3) is 7.11. The molecule has 0 saturated heterocycles. The predicted molar refractivity (Wildman–Crippen MR) is 322 cm³/mol. The molecular formula is C75H67N. The van der Waals surface area contributed by atoms with Crippen LogP contribution in [0, 0.1) is 0 Å². The fourth-order valence-corrected chi connectivity index (χ4v) is 13.7. The maximum absolute atomic E-state index is 2.54. The third-order valence-electron chi connectivity index (χ3n) is 17.7. The molecule has 0 bridgehead atoms. The van der Waals surface area contributed by atoms with Gasteiger partial charge in [0.1, 0.15) is 0 Å². The lowest BCUT2D eigenvalue weighted by molar-refractivity contribution is 0.585. The molecule has 10 aromatic carbocycles. The first-order valence-corrected chi connectivity index (χ1v) is 27.4. The number of fused-ring (bicyclic) bond motifs is 9. The van der Waals surface area contributed by atoms with Crippen molar-refractivity contribution in [3.8, 4) is 55.6 Å². The second-order valence-corrected chi connectivity index (χ2v) is 24.9. The van der Waals surface area contributed by atoms with E-state index in [9.17, 15) is 0 Å². The molecule has 13 rings (SSSR count). The second kappa shape index (κ2) is 17.0. The summed E-state index contributed by atoms with van der Waals surface area (Å²) in [5, 5.41) is 0. The van der Waals surface area contributed by atoms with Gasteiger partial charge in [-0.15, -0.1) is 0 Å². The molecule has 1 nitrogen and oxygen atoms in total. The van der Waals surface area contributed by atoms with Crippen LogP contribution in [0.15, 0.2) is 224 Å². The summed E-state index contributed by atoms with van der Waals surface area (Å²) in [5.74, 6) is 0. The van der Waals surface area contributed by atoms with Crippen LogP contribution in [0.5, 0.6) is 0 Å². The number of anilines is 3. The van der Waals surface area contributed by atoms with Crippen LogP contribution >= 0.6 is 0 Å². The lowest BCUT2D eigenvalue weighted by Crippen LogP contribution is -2.30. The molecule has 0 saturated carbocycles. The van der Waals surface area contributed by atoms with E-state index in [-0.39, 0.29) is 21.7 Å². The van der Waals surface area contributed by atoms with E-state index in [1.165, 1.54) is 111 Å². The van der Waals surface area contributed by atoms with E-state index < -0.39 is 5.41 Å². The first-order valence-electron chi connectivity index (χ1n) is 27.4. The number of hydrogen-bond acceptors (Lipinski definition) is 1. The van der Waals surface area contributed by atoms with Crippen LogP contribution in [0.3, 0.4) is 0 Å². The molecule has 372 valence electrons. The topological polar surface area (TPSA) is 3.24 Å². The van der Waals surface area contributed by atoms with Gasteiger partial charge in [0.15, 0.2) is 0 Å². The van der Waals surface area contributed by atoms with Crippen LogP contribution in [-0.2, 0) is 27.1 Å². The molecule has 0 aliphatic heterocycles. The molecule has 0 radical (unpaired) electrons. The average molecular weight is 982 g/mol. The highest BCUT2D eigenvalue weighted by molar-refractivity contribution is 5.95. The Labute approximate surface area is 451 Å². The first-order chi connectivity index (χ1) is 36.5. The Bertz CT molecular complexity index is 3900. The fraction of sp³-hybridized carbons (Fsp3) is 0.200. The van der Waals surface area contributed by atoms with Crippen molar-refractivity contribution in [2.45, 2.75) is 96.3 Å². The number of benzene rings is 10. The molecule has 76 heavy (non-hydrogen) atoms. The molecule has 1 heteroatoms. The van der Waals surface area contributed by atoms with Gasteiger partial charge in [0.05, 0.1) is 5.41 Å². The zero-order valence-corrected chi connectivity index (χ0v) is 45.8. The Kier molecular flexibility index (Phi) is 10.7. The van der Waals surface area contributed by atoms with E-state index in [0.717, 1.165) is 17.1 Å². The second-order valence-electron chi connectivity index (χ2n) is 24.9. The quantitative estimate of drug-likeness (QED) is 0.154. The standard InChI is InChI=1S/C75H67N/c1-71(2,3)49-22-19-24-51(44-49)75(52-25-20-23-50(45-52)72(4,5)6)67-35-18-15-29-59(67)62-43-41-55(47-69(62)75)76(54-40-42-61-58-28-13-16-33-65(58)73(7,8)68(61)46-54)53-38-36-48(37-39-53)56-26-11-12-27-57(56)63-31-21-32-64-60-30-14-17-34-66(60)74(9,10)70(63)64/h11-47H,1-10H3. The summed E-state index contributed by atoms with van der Waals surface area (Å²) in [7, 11) is 0. The minimum atomic E-state index is -0.598. The minimum Gasteiger partial charge on any atom is -0.310 e. The van der Waals surface area contributed by atoms with E-state index in [1.807, 2.05) is 0 Å². The van der Waals surface area contributed by atoms with Gasteiger partial charge in [-0.1, -0.05) is 257 Å². The number of rotatable bonds is 7.